The fraction of sp³-hybridized carbons (Fsp3) is 1.00. The van der Waals surface area contributed by atoms with Crippen LogP contribution in [0.4, 0.5) is 0 Å². The lowest BCUT2D eigenvalue weighted by atomic mass is 9.98. The second-order valence-electron chi connectivity index (χ2n) is 5.91. The molecule has 17 heavy (non-hydrogen) atoms. The third-order valence-electron chi connectivity index (χ3n) is 3.76. The predicted molar refractivity (Wildman–Crippen MR) is 79.9 cm³/mol. The Hall–Kier alpha value is 0.270. The summed E-state index contributed by atoms with van der Waals surface area (Å²) in [6.07, 6.45) is 4.83. The second-order valence-corrected chi connectivity index (χ2v) is 6.90. The van der Waals surface area contributed by atoms with Gasteiger partial charge in [-0.2, -0.15) is 11.8 Å². The molecule has 1 fully saturated rings. The summed E-state index contributed by atoms with van der Waals surface area (Å²) in [7, 11) is 0. The minimum Gasteiger partial charge on any atom is -0.311 e. The molecule has 0 saturated carbocycles. The van der Waals surface area contributed by atoms with Crippen molar-refractivity contribution in [1.82, 2.24) is 10.2 Å². The zero-order valence-corrected chi connectivity index (χ0v) is 13.0. The number of hydrogen-bond acceptors (Lipinski definition) is 3. The average Bonchev–Trinajstić information content (AvgIpc) is 2.28. The van der Waals surface area contributed by atoms with Gasteiger partial charge in [0, 0.05) is 31.2 Å². The van der Waals surface area contributed by atoms with Crippen molar-refractivity contribution in [3.63, 3.8) is 0 Å². The number of piperazine rings is 1. The Labute approximate surface area is 112 Å². The minimum absolute atomic E-state index is 0.690. The van der Waals surface area contributed by atoms with Gasteiger partial charge in [0.05, 0.1) is 0 Å². The quantitative estimate of drug-likeness (QED) is 0.789. The third-order valence-corrected chi connectivity index (χ3v) is 4.41. The minimum atomic E-state index is 0.690. The van der Waals surface area contributed by atoms with Crippen molar-refractivity contribution >= 4 is 11.8 Å². The summed E-state index contributed by atoms with van der Waals surface area (Å²) in [6.45, 7) is 11.8. The largest absolute Gasteiger partial charge is 0.311 e. The number of nitrogens with one attached hydrogen (secondary N) is 1. The van der Waals surface area contributed by atoms with Gasteiger partial charge in [0.1, 0.15) is 0 Å². The number of hydrogen-bond donors (Lipinski definition) is 1. The topological polar surface area (TPSA) is 15.3 Å². The van der Waals surface area contributed by atoms with E-state index in [0.717, 1.165) is 18.5 Å². The van der Waals surface area contributed by atoms with Gasteiger partial charge >= 0.3 is 0 Å². The molecular weight excluding hydrogens is 228 g/mol. The van der Waals surface area contributed by atoms with E-state index >= 15 is 0 Å². The molecule has 3 heteroatoms. The van der Waals surface area contributed by atoms with Gasteiger partial charge in [-0.1, -0.05) is 13.8 Å². The summed E-state index contributed by atoms with van der Waals surface area (Å²) in [5.41, 5.74) is 0. The first-order chi connectivity index (χ1) is 8.04. The smallest absolute Gasteiger partial charge is 0.0198 e. The molecule has 0 bridgehead atoms. The van der Waals surface area contributed by atoms with Crippen LogP contribution in [0.3, 0.4) is 0 Å². The molecule has 0 aromatic rings. The van der Waals surface area contributed by atoms with Gasteiger partial charge in [-0.15, -0.1) is 0 Å². The molecule has 0 radical (unpaired) electrons. The Balaban J connectivity index is 2.44. The highest BCUT2D eigenvalue weighted by molar-refractivity contribution is 7.98. The van der Waals surface area contributed by atoms with Crippen LogP contribution in [-0.4, -0.2) is 48.1 Å². The standard InChI is InChI=1S/C14H30N2S/c1-11(2)8-14-10-16(13(4)9-15-14)12(3)6-7-17-5/h11-15H,6-10H2,1-5H3. The van der Waals surface area contributed by atoms with Crippen molar-refractivity contribution in [2.75, 3.05) is 25.1 Å². The van der Waals surface area contributed by atoms with Crippen molar-refractivity contribution < 1.29 is 0 Å². The van der Waals surface area contributed by atoms with E-state index in [0.29, 0.717) is 12.1 Å². The van der Waals surface area contributed by atoms with E-state index in [4.69, 9.17) is 0 Å². The summed E-state index contributed by atoms with van der Waals surface area (Å²) in [4.78, 5) is 2.71. The van der Waals surface area contributed by atoms with E-state index in [9.17, 15) is 0 Å². The van der Waals surface area contributed by atoms with Crippen molar-refractivity contribution in [2.24, 2.45) is 5.92 Å². The van der Waals surface area contributed by atoms with Crippen LogP contribution in [0.2, 0.25) is 0 Å². The van der Waals surface area contributed by atoms with Crippen LogP contribution < -0.4 is 5.32 Å². The first-order valence-corrected chi connectivity index (χ1v) is 8.42. The molecule has 0 aliphatic carbocycles. The van der Waals surface area contributed by atoms with Gasteiger partial charge in [0.15, 0.2) is 0 Å². The monoisotopic (exact) mass is 258 g/mol. The van der Waals surface area contributed by atoms with Crippen molar-refractivity contribution in [3.8, 4) is 0 Å². The van der Waals surface area contributed by atoms with Crippen LogP contribution in [0.15, 0.2) is 0 Å². The fourth-order valence-corrected chi connectivity index (χ4v) is 3.33. The molecule has 1 aliphatic rings. The normalized spacial score (nSPS) is 28.6. The lowest BCUT2D eigenvalue weighted by molar-refractivity contribution is 0.0910. The Bertz CT molecular complexity index is 208. The zero-order chi connectivity index (χ0) is 12.8. The van der Waals surface area contributed by atoms with Crippen LogP contribution in [0, 0.1) is 5.92 Å². The predicted octanol–water partition coefficient (Wildman–Crippen LogP) is 2.84. The van der Waals surface area contributed by atoms with E-state index in [1.807, 2.05) is 11.8 Å². The van der Waals surface area contributed by atoms with Crippen LogP contribution in [-0.2, 0) is 0 Å². The molecule has 0 spiro atoms. The maximum atomic E-state index is 3.69. The molecule has 1 heterocycles. The Kier molecular flexibility index (Phi) is 6.90. The van der Waals surface area contributed by atoms with Gasteiger partial charge in [-0.05, 0) is 44.6 Å². The molecule has 3 unspecified atom stereocenters. The van der Waals surface area contributed by atoms with E-state index in [-0.39, 0.29) is 0 Å². The Morgan fingerprint density at radius 3 is 2.65 bits per heavy atom. The summed E-state index contributed by atoms with van der Waals surface area (Å²) >= 11 is 1.96. The highest BCUT2D eigenvalue weighted by atomic mass is 32.2. The van der Waals surface area contributed by atoms with Crippen LogP contribution in [0.5, 0.6) is 0 Å². The first-order valence-electron chi connectivity index (χ1n) is 7.02. The summed E-state index contributed by atoms with van der Waals surface area (Å²) in [6, 6.07) is 2.12. The van der Waals surface area contributed by atoms with Crippen LogP contribution >= 0.6 is 11.8 Å². The van der Waals surface area contributed by atoms with E-state index in [1.54, 1.807) is 0 Å². The lowest BCUT2D eigenvalue weighted by Gasteiger charge is -2.43. The Morgan fingerprint density at radius 1 is 1.35 bits per heavy atom. The lowest BCUT2D eigenvalue weighted by Crippen LogP contribution is -2.58. The molecule has 1 N–H and O–H groups in total. The SMILES string of the molecule is CSCCC(C)N1CC(CC(C)C)NCC1C. The number of rotatable bonds is 6. The zero-order valence-electron chi connectivity index (χ0n) is 12.2. The average molecular weight is 258 g/mol. The molecule has 0 aromatic carbocycles. The summed E-state index contributed by atoms with van der Waals surface area (Å²) in [5.74, 6) is 2.08. The molecule has 2 nitrogen and oxygen atoms in total. The molecule has 1 saturated heterocycles. The highest BCUT2D eigenvalue weighted by Gasteiger charge is 2.28. The molecule has 0 aromatic heterocycles. The first kappa shape index (κ1) is 15.3. The van der Waals surface area contributed by atoms with Crippen molar-refractivity contribution in [3.05, 3.63) is 0 Å². The fourth-order valence-electron chi connectivity index (χ4n) is 2.75. The molecular formula is C14H30N2S. The molecule has 1 aliphatic heterocycles. The van der Waals surface area contributed by atoms with E-state index in [2.05, 4.69) is 44.2 Å². The van der Waals surface area contributed by atoms with Gasteiger partial charge in [-0.3, -0.25) is 4.90 Å². The third kappa shape index (κ3) is 5.19. The molecule has 0 amide bonds. The number of nitrogens with zero attached hydrogens (tertiary/aromatic N) is 1. The van der Waals surface area contributed by atoms with Gasteiger partial charge < -0.3 is 5.32 Å². The Morgan fingerprint density at radius 2 is 2.06 bits per heavy atom. The van der Waals surface area contributed by atoms with Crippen molar-refractivity contribution in [1.29, 1.82) is 0 Å². The van der Waals surface area contributed by atoms with Gasteiger partial charge in [0.25, 0.3) is 0 Å². The van der Waals surface area contributed by atoms with Crippen molar-refractivity contribution in [2.45, 2.75) is 58.7 Å². The molecule has 102 valence electrons. The van der Waals surface area contributed by atoms with Gasteiger partial charge in [0.2, 0.25) is 0 Å². The summed E-state index contributed by atoms with van der Waals surface area (Å²) < 4.78 is 0. The second kappa shape index (κ2) is 7.65. The number of thioether (sulfide) groups is 1. The van der Waals surface area contributed by atoms with Gasteiger partial charge in [-0.25, -0.2) is 0 Å². The van der Waals surface area contributed by atoms with Crippen LogP contribution in [0.1, 0.15) is 40.5 Å². The van der Waals surface area contributed by atoms with Crippen LogP contribution in [0.25, 0.3) is 0 Å². The molecule has 1 rings (SSSR count). The van der Waals surface area contributed by atoms with E-state index < -0.39 is 0 Å². The maximum absolute atomic E-state index is 3.69. The summed E-state index contributed by atoms with van der Waals surface area (Å²) in [5, 5.41) is 3.69. The maximum Gasteiger partial charge on any atom is 0.0198 e. The van der Waals surface area contributed by atoms with E-state index in [1.165, 1.54) is 25.1 Å². The molecule has 3 atom stereocenters. The highest BCUT2D eigenvalue weighted by Crippen LogP contribution is 2.18.